The van der Waals surface area contributed by atoms with Crippen LogP contribution in [0.2, 0.25) is 0 Å². The van der Waals surface area contributed by atoms with E-state index in [0.717, 1.165) is 16.3 Å². The molecule has 1 heterocycles. The van der Waals surface area contributed by atoms with E-state index in [0.29, 0.717) is 0 Å². The molecule has 2 aromatic rings. The van der Waals surface area contributed by atoms with E-state index in [1.54, 1.807) is 11.3 Å². The van der Waals surface area contributed by atoms with Crippen LogP contribution in [0.3, 0.4) is 0 Å². The first-order chi connectivity index (χ1) is 7.58. The molecule has 16 heavy (non-hydrogen) atoms. The van der Waals surface area contributed by atoms with Gasteiger partial charge in [0, 0.05) is 5.38 Å². The number of aromatic nitrogens is 1. The van der Waals surface area contributed by atoms with E-state index >= 15 is 0 Å². The molecule has 0 fully saturated rings. The van der Waals surface area contributed by atoms with Crippen LogP contribution in [-0.4, -0.2) is 4.98 Å². The quantitative estimate of drug-likeness (QED) is 0.864. The third-order valence-corrected chi connectivity index (χ3v) is 3.64. The molecule has 2 N–H and O–H groups in total. The minimum absolute atomic E-state index is 0.107. The van der Waals surface area contributed by atoms with Gasteiger partial charge in [0.25, 0.3) is 0 Å². The molecule has 0 amide bonds. The zero-order valence-electron chi connectivity index (χ0n) is 9.82. The number of nitrogens with two attached hydrogens (primary N) is 1. The molecule has 1 aromatic carbocycles. The molecule has 0 saturated carbocycles. The molecule has 3 heteroatoms. The zero-order chi connectivity index (χ0) is 11.7. The lowest BCUT2D eigenvalue weighted by atomic mass is 10.0. The lowest BCUT2D eigenvalue weighted by molar-refractivity contribution is 0.832. The van der Waals surface area contributed by atoms with Crippen LogP contribution in [0.1, 0.15) is 33.4 Å². The van der Waals surface area contributed by atoms with E-state index in [9.17, 15) is 0 Å². The normalized spacial score (nSPS) is 12.8. The van der Waals surface area contributed by atoms with Gasteiger partial charge in [0.1, 0.15) is 0 Å². The first-order valence-electron chi connectivity index (χ1n) is 5.32. The summed E-state index contributed by atoms with van der Waals surface area (Å²) in [6.07, 6.45) is 0. The molecule has 0 aliphatic carbocycles. The summed E-state index contributed by atoms with van der Waals surface area (Å²) in [7, 11) is 0. The van der Waals surface area contributed by atoms with E-state index in [2.05, 4.69) is 37.0 Å². The molecular weight excluding hydrogens is 216 g/mol. The van der Waals surface area contributed by atoms with Crippen LogP contribution >= 0.6 is 11.3 Å². The fraction of sp³-hybridized carbons (Fsp3) is 0.308. The van der Waals surface area contributed by atoms with Crippen LogP contribution in [-0.2, 0) is 0 Å². The molecule has 0 bridgehead atoms. The summed E-state index contributed by atoms with van der Waals surface area (Å²) >= 11 is 1.64. The van der Waals surface area contributed by atoms with Gasteiger partial charge in [-0.2, -0.15) is 0 Å². The summed E-state index contributed by atoms with van der Waals surface area (Å²) in [5.74, 6) is 0. The second-order valence-corrected chi connectivity index (χ2v) is 5.17. The lowest BCUT2D eigenvalue weighted by Gasteiger charge is -2.11. The van der Waals surface area contributed by atoms with Crippen molar-refractivity contribution in [1.29, 1.82) is 0 Å². The third kappa shape index (κ3) is 2.15. The molecule has 0 spiro atoms. The van der Waals surface area contributed by atoms with Gasteiger partial charge in [-0.1, -0.05) is 18.2 Å². The number of nitrogens with zero attached hydrogens (tertiary/aromatic N) is 1. The Bertz CT molecular complexity index is 502. The molecule has 1 atom stereocenters. The highest BCUT2D eigenvalue weighted by Gasteiger charge is 2.12. The van der Waals surface area contributed by atoms with Crippen molar-refractivity contribution in [1.82, 2.24) is 4.98 Å². The molecule has 1 aromatic heterocycles. The minimum Gasteiger partial charge on any atom is -0.319 e. The number of thiazole rings is 1. The number of hydrogen-bond acceptors (Lipinski definition) is 3. The Morgan fingerprint density at radius 3 is 2.50 bits per heavy atom. The molecule has 0 saturated heterocycles. The summed E-state index contributed by atoms with van der Waals surface area (Å²) in [4.78, 5) is 4.43. The van der Waals surface area contributed by atoms with Gasteiger partial charge in [-0.15, -0.1) is 11.3 Å². The average molecular weight is 232 g/mol. The molecule has 0 aliphatic rings. The van der Waals surface area contributed by atoms with Crippen LogP contribution in [0, 0.1) is 20.8 Å². The second-order valence-electron chi connectivity index (χ2n) is 4.11. The van der Waals surface area contributed by atoms with Crippen LogP contribution in [0.5, 0.6) is 0 Å². The largest absolute Gasteiger partial charge is 0.319 e. The number of benzene rings is 1. The SMILES string of the molecule is Cc1nc(C(N)c2ccc(C)c(C)c2)cs1. The maximum atomic E-state index is 6.19. The summed E-state index contributed by atoms with van der Waals surface area (Å²) in [6, 6.07) is 6.24. The van der Waals surface area contributed by atoms with Crippen LogP contribution in [0.4, 0.5) is 0 Å². The van der Waals surface area contributed by atoms with Gasteiger partial charge < -0.3 is 5.73 Å². The Morgan fingerprint density at radius 1 is 1.19 bits per heavy atom. The monoisotopic (exact) mass is 232 g/mol. The minimum atomic E-state index is -0.107. The summed E-state index contributed by atoms with van der Waals surface area (Å²) < 4.78 is 0. The van der Waals surface area contributed by atoms with Crippen LogP contribution in [0.25, 0.3) is 0 Å². The Morgan fingerprint density at radius 2 is 1.94 bits per heavy atom. The Balaban J connectivity index is 2.33. The Kier molecular flexibility index (Phi) is 3.08. The van der Waals surface area contributed by atoms with Gasteiger partial charge in [-0.25, -0.2) is 4.98 Å². The van der Waals surface area contributed by atoms with E-state index in [-0.39, 0.29) is 6.04 Å². The fourth-order valence-corrected chi connectivity index (χ4v) is 2.30. The number of aryl methyl sites for hydroxylation is 3. The first-order valence-corrected chi connectivity index (χ1v) is 6.20. The number of rotatable bonds is 2. The van der Waals surface area contributed by atoms with E-state index in [4.69, 9.17) is 5.73 Å². The van der Waals surface area contributed by atoms with E-state index in [1.165, 1.54) is 11.1 Å². The van der Waals surface area contributed by atoms with Crippen molar-refractivity contribution in [3.63, 3.8) is 0 Å². The highest BCUT2D eigenvalue weighted by Crippen LogP contribution is 2.22. The van der Waals surface area contributed by atoms with E-state index < -0.39 is 0 Å². The topological polar surface area (TPSA) is 38.9 Å². The van der Waals surface area contributed by atoms with Crippen molar-refractivity contribution in [2.24, 2.45) is 5.73 Å². The maximum absolute atomic E-state index is 6.19. The van der Waals surface area contributed by atoms with Crippen LogP contribution in [0.15, 0.2) is 23.6 Å². The highest BCUT2D eigenvalue weighted by molar-refractivity contribution is 7.09. The molecular formula is C13H16N2S. The van der Waals surface area contributed by atoms with Gasteiger partial charge in [0.05, 0.1) is 16.7 Å². The van der Waals surface area contributed by atoms with Crippen LogP contribution < -0.4 is 5.73 Å². The Hall–Kier alpha value is -1.19. The lowest BCUT2D eigenvalue weighted by Crippen LogP contribution is -2.12. The summed E-state index contributed by atoms with van der Waals surface area (Å²) in [5, 5.41) is 3.10. The van der Waals surface area contributed by atoms with Crippen molar-refractivity contribution >= 4 is 11.3 Å². The number of hydrogen-bond donors (Lipinski definition) is 1. The van der Waals surface area contributed by atoms with Crippen molar-refractivity contribution in [3.8, 4) is 0 Å². The smallest absolute Gasteiger partial charge is 0.0898 e. The predicted molar refractivity (Wildman–Crippen MR) is 68.8 cm³/mol. The van der Waals surface area contributed by atoms with Gasteiger partial charge in [0.2, 0.25) is 0 Å². The van der Waals surface area contributed by atoms with E-state index in [1.807, 2.05) is 12.3 Å². The first kappa shape index (κ1) is 11.3. The second kappa shape index (κ2) is 4.36. The van der Waals surface area contributed by atoms with Crippen molar-refractivity contribution in [3.05, 3.63) is 51.0 Å². The standard InChI is InChI=1S/C13H16N2S/c1-8-4-5-11(6-9(8)2)13(14)12-7-16-10(3)15-12/h4-7,13H,14H2,1-3H3. The maximum Gasteiger partial charge on any atom is 0.0898 e. The predicted octanol–water partition coefficient (Wildman–Crippen LogP) is 3.12. The molecule has 84 valence electrons. The molecule has 0 aliphatic heterocycles. The van der Waals surface area contributed by atoms with Gasteiger partial charge in [-0.05, 0) is 37.5 Å². The Labute approximate surface area is 100 Å². The third-order valence-electron chi connectivity index (χ3n) is 2.85. The van der Waals surface area contributed by atoms with Crippen molar-refractivity contribution in [2.45, 2.75) is 26.8 Å². The fourth-order valence-electron chi connectivity index (χ4n) is 1.65. The van der Waals surface area contributed by atoms with Crippen molar-refractivity contribution in [2.75, 3.05) is 0 Å². The van der Waals surface area contributed by atoms with Gasteiger partial charge >= 0.3 is 0 Å². The van der Waals surface area contributed by atoms with Crippen molar-refractivity contribution < 1.29 is 0 Å². The highest BCUT2D eigenvalue weighted by atomic mass is 32.1. The molecule has 2 nitrogen and oxygen atoms in total. The molecule has 2 rings (SSSR count). The molecule has 0 radical (unpaired) electrons. The average Bonchev–Trinajstić information content (AvgIpc) is 2.68. The summed E-state index contributed by atoms with van der Waals surface area (Å²) in [6.45, 7) is 6.22. The molecule has 1 unspecified atom stereocenters. The van der Waals surface area contributed by atoms with Gasteiger partial charge in [0.15, 0.2) is 0 Å². The summed E-state index contributed by atoms with van der Waals surface area (Å²) in [5.41, 5.74) is 10.9. The zero-order valence-corrected chi connectivity index (χ0v) is 10.6. The van der Waals surface area contributed by atoms with Gasteiger partial charge in [-0.3, -0.25) is 0 Å².